The number of hydrogen-bond donors (Lipinski definition) is 4. The van der Waals surface area contributed by atoms with Crippen molar-refractivity contribution in [3.8, 4) is 11.8 Å². The molecule has 0 fully saturated rings. The van der Waals surface area contributed by atoms with Gasteiger partial charge in [0, 0.05) is 12.1 Å². The molecular formula is C27H26N4O5. The molecule has 0 heterocycles. The lowest BCUT2D eigenvalue weighted by atomic mass is 10.1. The molecule has 3 rings (SSSR count). The summed E-state index contributed by atoms with van der Waals surface area (Å²) in [4.78, 5) is 24.9. The molecule has 0 saturated heterocycles. The van der Waals surface area contributed by atoms with Crippen LogP contribution in [0.1, 0.15) is 23.7 Å². The molecule has 0 aliphatic rings. The summed E-state index contributed by atoms with van der Waals surface area (Å²) in [6, 6.07) is 22.2. The third-order valence-corrected chi connectivity index (χ3v) is 4.94. The van der Waals surface area contributed by atoms with E-state index in [4.69, 9.17) is 25.6 Å². The SMILES string of the molecule is N#Cc1ccc(NC(=O)O[C@@H](C/C=C/C(=O)Nc2ccccc2N)c2cccc(OCCO)c2)cc1. The number of aliphatic hydroxyl groups is 1. The van der Waals surface area contributed by atoms with Crippen molar-refractivity contribution in [1.29, 1.82) is 5.26 Å². The van der Waals surface area contributed by atoms with Gasteiger partial charge in [-0.2, -0.15) is 5.26 Å². The number of nitrogens with one attached hydrogen (secondary N) is 2. The molecule has 0 bridgehead atoms. The molecule has 36 heavy (non-hydrogen) atoms. The molecule has 184 valence electrons. The van der Waals surface area contributed by atoms with Gasteiger partial charge in [0.25, 0.3) is 0 Å². The normalized spacial score (nSPS) is 11.3. The van der Waals surface area contributed by atoms with Gasteiger partial charge >= 0.3 is 6.09 Å². The van der Waals surface area contributed by atoms with Gasteiger partial charge < -0.3 is 25.6 Å². The van der Waals surface area contributed by atoms with Gasteiger partial charge in [0.15, 0.2) is 0 Å². The van der Waals surface area contributed by atoms with Gasteiger partial charge in [-0.15, -0.1) is 0 Å². The first kappa shape index (κ1) is 25.8. The highest BCUT2D eigenvalue weighted by Gasteiger charge is 2.17. The van der Waals surface area contributed by atoms with Crippen molar-refractivity contribution in [3.05, 3.63) is 96.1 Å². The first-order valence-electron chi connectivity index (χ1n) is 11.1. The number of rotatable bonds is 10. The van der Waals surface area contributed by atoms with Gasteiger partial charge in [-0.1, -0.05) is 30.3 Å². The topological polar surface area (TPSA) is 147 Å². The van der Waals surface area contributed by atoms with Crippen molar-refractivity contribution in [2.24, 2.45) is 0 Å². The number of hydrogen-bond acceptors (Lipinski definition) is 7. The number of nitrogens with zero attached hydrogens (tertiary/aromatic N) is 1. The van der Waals surface area contributed by atoms with Crippen molar-refractivity contribution in [3.63, 3.8) is 0 Å². The maximum atomic E-state index is 12.6. The van der Waals surface area contributed by atoms with Crippen molar-refractivity contribution >= 4 is 29.1 Å². The quantitative estimate of drug-likeness (QED) is 0.245. The Hall–Kier alpha value is -4.81. The lowest BCUT2D eigenvalue weighted by Crippen LogP contribution is -2.17. The van der Waals surface area contributed by atoms with E-state index in [2.05, 4.69) is 10.6 Å². The maximum Gasteiger partial charge on any atom is 0.412 e. The lowest BCUT2D eigenvalue weighted by Gasteiger charge is -2.18. The number of para-hydroxylation sites is 2. The van der Waals surface area contributed by atoms with Crippen LogP contribution in [-0.2, 0) is 9.53 Å². The van der Waals surface area contributed by atoms with Crippen LogP contribution >= 0.6 is 0 Å². The number of aliphatic hydroxyl groups excluding tert-OH is 1. The maximum absolute atomic E-state index is 12.6. The molecule has 9 nitrogen and oxygen atoms in total. The molecule has 3 aromatic rings. The zero-order valence-electron chi connectivity index (χ0n) is 19.4. The Bertz CT molecular complexity index is 1250. The zero-order chi connectivity index (χ0) is 25.8. The number of nitriles is 1. The fourth-order valence-electron chi connectivity index (χ4n) is 3.21. The van der Waals surface area contributed by atoms with Gasteiger partial charge in [-0.05, 0) is 60.2 Å². The van der Waals surface area contributed by atoms with Crippen molar-refractivity contribution in [2.45, 2.75) is 12.5 Å². The van der Waals surface area contributed by atoms with Gasteiger partial charge in [0.2, 0.25) is 5.91 Å². The van der Waals surface area contributed by atoms with Crippen LogP contribution in [-0.4, -0.2) is 30.3 Å². The van der Waals surface area contributed by atoms with Crippen molar-refractivity contribution < 1.29 is 24.2 Å². The number of amides is 2. The minimum absolute atomic E-state index is 0.122. The number of carbonyl (C=O) groups is 2. The van der Waals surface area contributed by atoms with Crippen molar-refractivity contribution in [2.75, 3.05) is 29.6 Å². The Morgan fingerprint density at radius 2 is 1.83 bits per heavy atom. The minimum Gasteiger partial charge on any atom is -0.491 e. The number of nitrogens with two attached hydrogens (primary N) is 1. The number of nitrogen functional groups attached to an aromatic ring is 1. The summed E-state index contributed by atoms with van der Waals surface area (Å²) in [5.41, 5.74) is 8.37. The summed E-state index contributed by atoms with van der Waals surface area (Å²) in [7, 11) is 0. The predicted octanol–water partition coefficient (Wildman–Crippen LogP) is 4.39. The van der Waals surface area contributed by atoms with E-state index in [0.717, 1.165) is 0 Å². The summed E-state index contributed by atoms with van der Waals surface area (Å²) in [6.07, 6.45) is 1.68. The molecule has 0 unspecified atom stereocenters. The largest absolute Gasteiger partial charge is 0.491 e. The van der Waals surface area contributed by atoms with E-state index in [1.165, 1.54) is 6.08 Å². The molecule has 0 saturated carbocycles. The van der Waals surface area contributed by atoms with E-state index >= 15 is 0 Å². The van der Waals surface area contributed by atoms with E-state index in [1.807, 2.05) is 6.07 Å². The lowest BCUT2D eigenvalue weighted by molar-refractivity contribution is -0.111. The van der Waals surface area contributed by atoms with Crippen LogP contribution in [0, 0.1) is 11.3 Å². The molecule has 0 aliphatic heterocycles. The average Bonchev–Trinajstić information content (AvgIpc) is 2.89. The van der Waals surface area contributed by atoms with Crippen LogP contribution in [0.15, 0.2) is 84.9 Å². The fraction of sp³-hybridized carbons (Fsp3) is 0.148. The molecule has 2 amide bonds. The summed E-state index contributed by atoms with van der Waals surface area (Å²) in [5.74, 6) is 0.123. The Labute approximate surface area is 208 Å². The van der Waals surface area contributed by atoms with E-state index in [1.54, 1.807) is 78.9 Å². The minimum atomic E-state index is -0.744. The first-order valence-corrected chi connectivity index (χ1v) is 11.1. The van der Waals surface area contributed by atoms with Crippen molar-refractivity contribution in [1.82, 2.24) is 0 Å². The average molecular weight is 487 g/mol. The highest BCUT2D eigenvalue weighted by atomic mass is 16.6. The monoisotopic (exact) mass is 486 g/mol. The second-order valence-corrected chi connectivity index (χ2v) is 7.57. The van der Waals surface area contributed by atoms with Gasteiger partial charge in [0.1, 0.15) is 18.5 Å². The third kappa shape index (κ3) is 7.90. The molecule has 0 radical (unpaired) electrons. The Balaban J connectivity index is 1.71. The smallest absolute Gasteiger partial charge is 0.412 e. The number of benzene rings is 3. The van der Waals surface area contributed by atoms with Crippen LogP contribution in [0.5, 0.6) is 5.75 Å². The predicted molar refractivity (Wildman–Crippen MR) is 136 cm³/mol. The van der Waals surface area contributed by atoms with Crippen LogP contribution in [0.3, 0.4) is 0 Å². The number of anilines is 3. The van der Waals surface area contributed by atoms with Crippen LogP contribution in [0.25, 0.3) is 0 Å². The molecule has 1 atom stereocenters. The third-order valence-electron chi connectivity index (χ3n) is 4.94. The zero-order valence-corrected chi connectivity index (χ0v) is 19.4. The Kier molecular flexibility index (Phi) is 9.44. The molecule has 9 heteroatoms. The second-order valence-electron chi connectivity index (χ2n) is 7.57. The summed E-state index contributed by atoms with van der Waals surface area (Å²) >= 11 is 0. The van der Waals surface area contributed by atoms with E-state index in [9.17, 15) is 9.59 Å². The van der Waals surface area contributed by atoms with Gasteiger partial charge in [-0.25, -0.2) is 4.79 Å². The van der Waals surface area contributed by atoms with E-state index in [-0.39, 0.29) is 25.5 Å². The van der Waals surface area contributed by atoms with Crippen LogP contribution < -0.4 is 21.1 Å². The summed E-state index contributed by atoms with van der Waals surface area (Å²) in [6.45, 7) is -0.0161. The molecule has 5 N–H and O–H groups in total. The number of carbonyl (C=O) groups excluding carboxylic acids is 2. The molecule has 3 aromatic carbocycles. The number of ether oxygens (including phenoxy) is 2. The molecular weight excluding hydrogens is 460 g/mol. The van der Waals surface area contributed by atoms with Gasteiger partial charge in [0.05, 0.1) is 29.6 Å². The highest BCUT2D eigenvalue weighted by Crippen LogP contribution is 2.26. The molecule has 0 aliphatic carbocycles. The van der Waals surface area contributed by atoms with E-state index in [0.29, 0.717) is 33.9 Å². The van der Waals surface area contributed by atoms with E-state index < -0.39 is 12.2 Å². The van der Waals surface area contributed by atoms with Crippen LogP contribution in [0.4, 0.5) is 21.9 Å². The summed E-state index contributed by atoms with van der Waals surface area (Å²) in [5, 5.41) is 23.3. The Morgan fingerprint density at radius 3 is 2.56 bits per heavy atom. The summed E-state index contributed by atoms with van der Waals surface area (Å²) < 4.78 is 11.1. The molecule has 0 aromatic heterocycles. The Morgan fingerprint density at radius 1 is 1.06 bits per heavy atom. The fourth-order valence-corrected chi connectivity index (χ4v) is 3.21. The standard InChI is InChI=1S/C27H26N4O5/c28-18-19-11-13-21(14-12-19)30-27(34)36-25(20-5-3-6-22(17-20)35-16-15-32)9-4-10-26(33)31-24-8-2-1-7-23(24)29/h1-8,10-14,17,25,32H,9,15-16,29H2,(H,30,34)(H,31,33)/b10-4+/t25-/m0/s1. The first-order chi connectivity index (χ1) is 17.5. The highest BCUT2D eigenvalue weighted by molar-refractivity contribution is 6.01. The van der Waals surface area contributed by atoms with Crippen LogP contribution in [0.2, 0.25) is 0 Å². The molecule has 0 spiro atoms. The van der Waals surface area contributed by atoms with Gasteiger partial charge in [-0.3, -0.25) is 10.1 Å². The second kappa shape index (κ2) is 13.2.